The Bertz CT molecular complexity index is 761. The van der Waals surface area contributed by atoms with Gasteiger partial charge < -0.3 is 4.74 Å². The topological polar surface area (TPSA) is 85.4 Å². The van der Waals surface area contributed by atoms with E-state index >= 15 is 0 Å². The Morgan fingerprint density at radius 2 is 2.10 bits per heavy atom. The molecule has 6 nitrogen and oxygen atoms in total. The Hall–Kier alpha value is -1.29. The van der Waals surface area contributed by atoms with Gasteiger partial charge in [0, 0.05) is 11.4 Å². The largest absolute Gasteiger partial charge is 0.465 e. The van der Waals surface area contributed by atoms with E-state index in [1.165, 1.54) is 18.4 Å². The zero-order valence-electron chi connectivity index (χ0n) is 11.7. The summed E-state index contributed by atoms with van der Waals surface area (Å²) in [6.07, 6.45) is 0. The maximum atomic E-state index is 12.4. The van der Waals surface area contributed by atoms with Crippen LogP contribution in [-0.2, 0) is 21.3 Å². The fourth-order valence-corrected chi connectivity index (χ4v) is 5.23. The van der Waals surface area contributed by atoms with Gasteiger partial charge in [-0.25, -0.2) is 22.9 Å². The van der Waals surface area contributed by atoms with Crippen molar-refractivity contribution < 1.29 is 17.9 Å². The highest BCUT2D eigenvalue weighted by atomic mass is 32.2. The summed E-state index contributed by atoms with van der Waals surface area (Å²) >= 11 is 2.44. The van der Waals surface area contributed by atoms with Crippen LogP contribution in [0.25, 0.3) is 0 Å². The van der Waals surface area contributed by atoms with Crippen molar-refractivity contribution in [2.75, 3.05) is 7.11 Å². The third-order valence-electron chi connectivity index (χ3n) is 2.83. The summed E-state index contributed by atoms with van der Waals surface area (Å²) in [5.74, 6) is -0.651. The smallest absolute Gasteiger partial charge is 0.349 e. The number of carbonyl (C=O) groups excluding carboxylic acids is 1. The molecule has 2 aromatic heterocycles. The molecule has 114 valence electrons. The molecular formula is C12H14N2O4S3. The van der Waals surface area contributed by atoms with Crippen molar-refractivity contribution in [1.29, 1.82) is 0 Å². The number of rotatable bonds is 5. The Balaban J connectivity index is 2.30. The molecule has 0 fully saturated rings. The molecule has 0 saturated carbocycles. The first kappa shape index (κ1) is 16.1. The number of aromatic nitrogens is 1. The number of thiazole rings is 1. The summed E-state index contributed by atoms with van der Waals surface area (Å²) in [6, 6.07) is 0. The highest BCUT2D eigenvalue weighted by molar-refractivity contribution is 7.89. The molecule has 2 aromatic rings. The van der Waals surface area contributed by atoms with Crippen LogP contribution in [0.4, 0.5) is 0 Å². The average molecular weight is 346 g/mol. The molecule has 0 aliphatic carbocycles. The van der Waals surface area contributed by atoms with Gasteiger partial charge in [0.05, 0.1) is 18.3 Å². The number of hydrogen-bond acceptors (Lipinski definition) is 7. The lowest BCUT2D eigenvalue weighted by molar-refractivity contribution is 0.0602. The number of carbonyl (C=O) groups is 1. The molecule has 0 radical (unpaired) electrons. The molecule has 0 bridgehead atoms. The second kappa shape index (κ2) is 6.22. The molecule has 0 atom stereocenters. The number of esters is 1. The number of hydrogen-bond donors (Lipinski definition) is 1. The molecule has 0 spiro atoms. The zero-order chi connectivity index (χ0) is 15.6. The second-order valence-corrected chi connectivity index (χ2v) is 7.78. The van der Waals surface area contributed by atoms with E-state index in [1.54, 1.807) is 17.8 Å². The van der Waals surface area contributed by atoms with Crippen molar-refractivity contribution in [3.63, 3.8) is 0 Å². The van der Waals surface area contributed by atoms with E-state index in [0.29, 0.717) is 5.56 Å². The Morgan fingerprint density at radius 1 is 1.38 bits per heavy atom. The molecule has 0 aliphatic heterocycles. The summed E-state index contributed by atoms with van der Waals surface area (Å²) in [5.41, 5.74) is 2.97. The molecule has 0 unspecified atom stereocenters. The Kier molecular flexibility index (Phi) is 4.77. The van der Waals surface area contributed by atoms with Crippen LogP contribution in [-0.4, -0.2) is 26.5 Å². The molecule has 9 heteroatoms. The molecule has 1 N–H and O–H groups in total. The average Bonchev–Trinajstić information content (AvgIpc) is 3.02. The van der Waals surface area contributed by atoms with Gasteiger partial charge in [-0.2, -0.15) is 0 Å². The van der Waals surface area contributed by atoms with Crippen molar-refractivity contribution in [2.45, 2.75) is 25.3 Å². The van der Waals surface area contributed by atoms with Gasteiger partial charge in [-0.1, -0.05) is 0 Å². The van der Waals surface area contributed by atoms with Crippen LogP contribution in [0.1, 0.15) is 25.8 Å². The van der Waals surface area contributed by atoms with Crippen LogP contribution in [0, 0.1) is 13.8 Å². The summed E-state index contributed by atoms with van der Waals surface area (Å²) < 4.78 is 32.0. The molecule has 0 aromatic carbocycles. The lowest BCUT2D eigenvalue weighted by Crippen LogP contribution is -2.25. The Labute approximate surface area is 130 Å². The minimum atomic E-state index is -3.79. The molecule has 0 aliphatic rings. The number of ether oxygens (including phenoxy) is 1. The summed E-state index contributed by atoms with van der Waals surface area (Å²) in [7, 11) is -2.56. The Morgan fingerprint density at radius 3 is 2.67 bits per heavy atom. The van der Waals surface area contributed by atoms with Crippen molar-refractivity contribution >= 4 is 38.7 Å². The van der Waals surface area contributed by atoms with Gasteiger partial charge in [-0.15, -0.1) is 22.7 Å². The van der Waals surface area contributed by atoms with Gasteiger partial charge in [0.25, 0.3) is 0 Å². The number of thiophene rings is 1. The maximum Gasteiger partial charge on any atom is 0.349 e. The standard InChI is InChI=1S/C12H14N2O4S3/c1-7-5-19-10(12(15)18-3)11(7)21(16,17)14-4-9-8(2)13-6-20-9/h5-6,14H,4H2,1-3H3. The van der Waals surface area contributed by atoms with Crippen LogP contribution in [0.3, 0.4) is 0 Å². The third-order valence-corrected chi connectivity index (χ3v) is 6.56. The van der Waals surface area contributed by atoms with Crippen molar-refractivity contribution in [3.05, 3.63) is 31.9 Å². The van der Waals surface area contributed by atoms with Gasteiger partial charge in [-0.05, 0) is 24.8 Å². The van der Waals surface area contributed by atoms with Crippen LogP contribution < -0.4 is 4.72 Å². The molecule has 0 amide bonds. The normalized spacial score (nSPS) is 11.6. The number of nitrogens with zero attached hydrogens (tertiary/aromatic N) is 1. The van der Waals surface area contributed by atoms with E-state index in [0.717, 1.165) is 21.9 Å². The van der Waals surface area contributed by atoms with E-state index in [-0.39, 0.29) is 16.3 Å². The SMILES string of the molecule is COC(=O)c1scc(C)c1S(=O)(=O)NCc1scnc1C. The first-order chi connectivity index (χ1) is 9.86. The predicted octanol–water partition coefficient (Wildman–Crippen LogP) is 2.09. The minimum absolute atomic E-state index is 0.0125. The number of nitrogens with one attached hydrogen (secondary N) is 1. The first-order valence-electron chi connectivity index (χ1n) is 5.92. The van der Waals surface area contributed by atoms with Crippen LogP contribution >= 0.6 is 22.7 Å². The van der Waals surface area contributed by atoms with Gasteiger partial charge in [-0.3, -0.25) is 0 Å². The predicted molar refractivity (Wildman–Crippen MR) is 81.3 cm³/mol. The van der Waals surface area contributed by atoms with Gasteiger partial charge in [0.1, 0.15) is 9.77 Å². The second-order valence-electron chi connectivity index (χ2n) is 4.25. The summed E-state index contributed by atoms with van der Waals surface area (Å²) in [4.78, 5) is 16.7. The number of aryl methyl sites for hydroxylation is 2. The van der Waals surface area contributed by atoms with Crippen molar-refractivity contribution in [3.8, 4) is 0 Å². The maximum absolute atomic E-state index is 12.4. The summed E-state index contributed by atoms with van der Waals surface area (Å²) in [6.45, 7) is 3.61. The van der Waals surface area contributed by atoms with Gasteiger partial charge in [0.15, 0.2) is 0 Å². The third kappa shape index (κ3) is 3.31. The van der Waals surface area contributed by atoms with E-state index in [4.69, 9.17) is 0 Å². The van der Waals surface area contributed by atoms with Crippen LogP contribution in [0.2, 0.25) is 0 Å². The van der Waals surface area contributed by atoms with Crippen molar-refractivity contribution in [1.82, 2.24) is 9.71 Å². The first-order valence-corrected chi connectivity index (χ1v) is 9.16. The quantitative estimate of drug-likeness (QED) is 0.838. The van der Waals surface area contributed by atoms with E-state index in [1.807, 2.05) is 6.92 Å². The number of sulfonamides is 1. The lowest BCUT2D eigenvalue weighted by Gasteiger charge is -2.08. The summed E-state index contributed by atoms with van der Waals surface area (Å²) in [5, 5.41) is 1.62. The van der Waals surface area contributed by atoms with E-state index in [2.05, 4.69) is 14.4 Å². The molecule has 2 rings (SSSR count). The molecule has 21 heavy (non-hydrogen) atoms. The van der Waals surface area contributed by atoms with E-state index < -0.39 is 16.0 Å². The molecule has 0 saturated heterocycles. The van der Waals surface area contributed by atoms with E-state index in [9.17, 15) is 13.2 Å². The highest BCUT2D eigenvalue weighted by Crippen LogP contribution is 2.27. The van der Waals surface area contributed by atoms with Crippen LogP contribution in [0.5, 0.6) is 0 Å². The number of methoxy groups -OCH3 is 1. The van der Waals surface area contributed by atoms with Crippen LogP contribution in [0.15, 0.2) is 15.8 Å². The molecular weight excluding hydrogens is 332 g/mol. The zero-order valence-corrected chi connectivity index (χ0v) is 14.1. The fraction of sp³-hybridized carbons (Fsp3) is 0.333. The van der Waals surface area contributed by atoms with Gasteiger partial charge >= 0.3 is 5.97 Å². The monoisotopic (exact) mass is 346 g/mol. The fourth-order valence-electron chi connectivity index (χ4n) is 1.73. The van der Waals surface area contributed by atoms with Gasteiger partial charge in [0.2, 0.25) is 10.0 Å². The highest BCUT2D eigenvalue weighted by Gasteiger charge is 2.27. The lowest BCUT2D eigenvalue weighted by atomic mass is 10.3. The van der Waals surface area contributed by atoms with Crippen molar-refractivity contribution in [2.24, 2.45) is 0 Å². The molecule has 2 heterocycles. The minimum Gasteiger partial charge on any atom is -0.465 e.